The van der Waals surface area contributed by atoms with Crippen molar-refractivity contribution in [3.8, 4) is 5.75 Å². The summed E-state index contributed by atoms with van der Waals surface area (Å²) in [5.41, 5.74) is 1.09. The topological polar surface area (TPSA) is 53.0 Å². The summed E-state index contributed by atoms with van der Waals surface area (Å²) in [6, 6.07) is 15.3. The maximum absolute atomic E-state index is 11.0. The molecule has 2 aromatic carbocycles. The van der Waals surface area contributed by atoms with E-state index in [1.165, 1.54) is 4.90 Å². The van der Waals surface area contributed by atoms with Crippen molar-refractivity contribution < 1.29 is 14.6 Å². The van der Waals surface area contributed by atoms with Crippen molar-refractivity contribution in [3.05, 3.63) is 64.1 Å². The van der Waals surface area contributed by atoms with Crippen molar-refractivity contribution in [2.75, 3.05) is 32.7 Å². The molecule has 2 aromatic rings. The van der Waals surface area contributed by atoms with Crippen LogP contribution < -0.4 is 4.74 Å². The molecule has 1 N–H and O–H groups in total. The number of nitrogens with zero attached hydrogens (tertiary/aromatic N) is 2. The second-order valence-corrected chi connectivity index (χ2v) is 7.69. The second kappa shape index (κ2) is 10.0. The van der Waals surface area contributed by atoms with Crippen LogP contribution in [0.2, 0.25) is 10.0 Å². The molecule has 0 spiro atoms. The van der Waals surface area contributed by atoms with E-state index in [1.807, 2.05) is 18.2 Å². The van der Waals surface area contributed by atoms with E-state index in [9.17, 15) is 4.79 Å². The van der Waals surface area contributed by atoms with Gasteiger partial charge in [0, 0.05) is 37.3 Å². The molecule has 0 aliphatic carbocycles. The number of hydrogen-bond donors (Lipinski definition) is 1. The predicted octanol–water partition coefficient (Wildman–Crippen LogP) is 5.19. The molecule has 0 aromatic heterocycles. The minimum absolute atomic E-state index is 0.127. The molecule has 0 radical (unpaired) electrons. The lowest BCUT2D eigenvalue weighted by Gasteiger charge is -2.33. The number of halogens is 2. The van der Waals surface area contributed by atoms with Crippen LogP contribution in [0.1, 0.15) is 24.5 Å². The summed E-state index contributed by atoms with van der Waals surface area (Å²) in [7, 11) is 0. The van der Waals surface area contributed by atoms with Gasteiger partial charge in [-0.15, -0.1) is 0 Å². The number of hydrogen-bond acceptors (Lipinski definition) is 3. The van der Waals surface area contributed by atoms with Crippen molar-refractivity contribution in [2.24, 2.45) is 0 Å². The quantitative estimate of drug-likeness (QED) is 0.666. The van der Waals surface area contributed by atoms with Gasteiger partial charge in [-0.25, -0.2) is 4.79 Å². The SMILES string of the molecule is O=C(O)N1CCN(CCCC(Oc2cc(Cl)ccc2Cl)c2ccccc2)CC1. The van der Waals surface area contributed by atoms with Crippen LogP contribution in [0.5, 0.6) is 5.75 Å². The zero-order valence-corrected chi connectivity index (χ0v) is 17.1. The van der Waals surface area contributed by atoms with Crippen molar-refractivity contribution in [1.29, 1.82) is 0 Å². The lowest BCUT2D eigenvalue weighted by Crippen LogP contribution is -2.48. The van der Waals surface area contributed by atoms with Crippen LogP contribution in [-0.4, -0.2) is 53.7 Å². The third kappa shape index (κ3) is 5.77. The van der Waals surface area contributed by atoms with Crippen LogP contribution in [0.25, 0.3) is 0 Å². The average molecular weight is 423 g/mol. The average Bonchev–Trinajstić information content (AvgIpc) is 2.71. The van der Waals surface area contributed by atoms with Crippen LogP contribution in [0.3, 0.4) is 0 Å². The van der Waals surface area contributed by atoms with Gasteiger partial charge >= 0.3 is 6.09 Å². The molecule has 3 rings (SSSR count). The van der Waals surface area contributed by atoms with E-state index in [0.29, 0.717) is 28.9 Å². The fourth-order valence-electron chi connectivity index (χ4n) is 3.35. The van der Waals surface area contributed by atoms with Gasteiger partial charge in [0.15, 0.2) is 0 Å². The zero-order chi connectivity index (χ0) is 19.9. The van der Waals surface area contributed by atoms with Gasteiger partial charge in [-0.1, -0.05) is 53.5 Å². The van der Waals surface area contributed by atoms with E-state index < -0.39 is 6.09 Å². The van der Waals surface area contributed by atoms with Crippen molar-refractivity contribution in [2.45, 2.75) is 18.9 Å². The van der Waals surface area contributed by atoms with Gasteiger partial charge in [-0.2, -0.15) is 0 Å². The standard InChI is InChI=1S/C21H24Cl2N2O3/c22-17-8-9-18(23)20(15-17)28-19(16-5-2-1-3-6-16)7-4-10-24-11-13-25(14-12-24)21(26)27/h1-3,5-6,8-9,15,19H,4,7,10-14H2,(H,26,27). The molecule has 1 fully saturated rings. The lowest BCUT2D eigenvalue weighted by molar-refractivity contribution is 0.102. The number of benzene rings is 2. The maximum Gasteiger partial charge on any atom is 0.407 e. The first-order valence-electron chi connectivity index (χ1n) is 9.40. The van der Waals surface area contributed by atoms with Gasteiger partial charge in [0.05, 0.1) is 5.02 Å². The Morgan fingerprint density at radius 1 is 1.07 bits per heavy atom. The molecule has 1 amide bonds. The van der Waals surface area contributed by atoms with Crippen LogP contribution in [0, 0.1) is 0 Å². The summed E-state index contributed by atoms with van der Waals surface area (Å²) in [5, 5.41) is 10.2. The molecule has 1 aliphatic heterocycles. The van der Waals surface area contributed by atoms with Gasteiger partial charge in [0.25, 0.3) is 0 Å². The molecular weight excluding hydrogens is 399 g/mol. The highest BCUT2D eigenvalue weighted by Gasteiger charge is 2.21. The van der Waals surface area contributed by atoms with Crippen molar-refractivity contribution in [1.82, 2.24) is 9.80 Å². The summed E-state index contributed by atoms with van der Waals surface area (Å²) in [5.74, 6) is 0.582. The minimum atomic E-state index is -0.837. The fraction of sp³-hybridized carbons (Fsp3) is 0.381. The molecule has 1 saturated heterocycles. The molecule has 1 unspecified atom stereocenters. The van der Waals surface area contributed by atoms with Crippen LogP contribution in [-0.2, 0) is 0 Å². The van der Waals surface area contributed by atoms with E-state index in [4.69, 9.17) is 33.0 Å². The molecule has 28 heavy (non-hydrogen) atoms. The Hall–Kier alpha value is -1.95. The fourth-order valence-corrected chi connectivity index (χ4v) is 3.67. The maximum atomic E-state index is 11.0. The largest absolute Gasteiger partial charge is 0.484 e. The highest BCUT2D eigenvalue weighted by Crippen LogP contribution is 2.33. The second-order valence-electron chi connectivity index (χ2n) is 6.85. The molecule has 0 saturated carbocycles. The monoisotopic (exact) mass is 422 g/mol. The predicted molar refractivity (Wildman–Crippen MR) is 112 cm³/mol. The number of amides is 1. The first-order chi connectivity index (χ1) is 13.5. The van der Waals surface area contributed by atoms with Gasteiger partial charge in [-0.05, 0) is 37.1 Å². The minimum Gasteiger partial charge on any atom is -0.484 e. The Morgan fingerprint density at radius 2 is 1.79 bits per heavy atom. The molecule has 7 heteroatoms. The van der Waals surface area contributed by atoms with Crippen molar-refractivity contribution in [3.63, 3.8) is 0 Å². The van der Waals surface area contributed by atoms with Gasteiger partial charge < -0.3 is 14.7 Å². The lowest BCUT2D eigenvalue weighted by atomic mass is 10.0. The summed E-state index contributed by atoms with van der Waals surface area (Å²) < 4.78 is 6.23. The molecule has 0 bridgehead atoms. The highest BCUT2D eigenvalue weighted by molar-refractivity contribution is 6.34. The Bertz CT molecular complexity index is 780. The van der Waals surface area contributed by atoms with E-state index in [2.05, 4.69) is 17.0 Å². The first-order valence-corrected chi connectivity index (χ1v) is 10.2. The molecule has 1 heterocycles. The number of carboxylic acid groups (broad SMARTS) is 1. The van der Waals surface area contributed by atoms with Crippen molar-refractivity contribution >= 4 is 29.3 Å². The normalized spacial score (nSPS) is 16.0. The highest BCUT2D eigenvalue weighted by atomic mass is 35.5. The Balaban J connectivity index is 1.59. The van der Waals surface area contributed by atoms with E-state index in [0.717, 1.165) is 38.0 Å². The van der Waals surface area contributed by atoms with Crippen LogP contribution in [0.4, 0.5) is 4.79 Å². The van der Waals surface area contributed by atoms with Crippen LogP contribution >= 0.6 is 23.2 Å². The number of carbonyl (C=O) groups is 1. The Labute approximate surface area is 175 Å². The van der Waals surface area contributed by atoms with E-state index in [-0.39, 0.29) is 6.10 Å². The smallest absolute Gasteiger partial charge is 0.407 e. The number of ether oxygens (including phenoxy) is 1. The summed E-state index contributed by atoms with van der Waals surface area (Å²) in [4.78, 5) is 14.8. The molecule has 150 valence electrons. The molecule has 1 aliphatic rings. The summed E-state index contributed by atoms with van der Waals surface area (Å²) in [6.45, 7) is 3.56. The molecule has 5 nitrogen and oxygen atoms in total. The van der Waals surface area contributed by atoms with E-state index in [1.54, 1.807) is 18.2 Å². The van der Waals surface area contributed by atoms with Gasteiger partial charge in [0.2, 0.25) is 0 Å². The third-order valence-electron chi connectivity index (χ3n) is 4.92. The van der Waals surface area contributed by atoms with Crippen LogP contribution in [0.15, 0.2) is 48.5 Å². The molecular formula is C21H24Cl2N2O3. The Morgan fingerprint density at radius 3 is 2.46 bits per heavy atom. The summed E-state index contributed by atoms with van der Waals surface area (Å²) in [6.07, 6.45) is 0.796. The summed E-state index contributed by atoms with van der Waals surface area (Å²) >= 11 is 12.4. The van der Waals surface area contributed by atoms with Gasteiger partial charge in [-0.3, -0.25) is 4.90 Å². The number of piperazine rings is 1. The molecule has 1 atom stereocenters. The number of rotatable bonds is 7. The first kappa shape index (κ1) is 20.8. The third-order valence-corrected chi connectivity index (χ3v) is 5.46. The van der Waals surface area contributed by atoms with E-state index >= 15 is 0 Å². The zero-order valence-electron chi connectivity index (χ0n) is 15.6. The van der Waals surface area contributed by atoms with Gasteiger partial charge in [0.1, 0.15) is 11.9 Å². The Kier molecular flexibility index (Phi) is 7.43.